The van der Waals surface area contributed by atoms with E-state index < -0.39 is 20.4 Å². The van der Waals surface area contributed by atoms with Crippen molar-refractivity contribution in [2.45, 2.75) is 18.0 Å². The Morgan fingerprint density at radius 1 is 1.15 bits per heavy atom. The molecule has 0 unspecified atom stereocenters. The maximum Gasteiger partial charge on any atom is 0.310 e. The predicted octanol–water partition coefficient (Wildman–Crippen LogP) is 2.86. The van der Waals surface area contributed by atoms with Gasteiger partial charge in [0.15, 0.2) is 9.84 Å². The smallest absolute Gasteiger partial charge is 0.310 e. The van der Waals surface area contributed by atoms with Crippen LogP contribution in [0.15, 0.2) is 66.1 Å². The Morgan fingerprint density at radius 3 is 2.44 bits per heavy atom. The summed E-state index contributed by atoms with van der Waals surface area (Å²) in [5.74, 6) is 0. The van der Waals surface area contributed by atoms with E-state index in [9.17, 15) is 18.5 Å². The molecule has 9 heteroatoms. The van der Waals surface area contributed by atoms with E-state index in [1.807, 2.05) is 35.0 Å². The predicted molar refractivity (Wildman–Crippen MR) is 101 cm³/mol. The zero-order chi connectivity index (χ0) is 19.4. The first-order chi connectivity index (χ1) is 12.8. The summed E-state index contributed by atoms with van der Waals surface area (Å²) < 4.78 is 25.6. The highest BCUT2D eigenvalue weighted by atomic mass is 32.2. The summed E-state index contributed by atoms with van der Waals surface area (Å²) in [5.41, 5.74) is 1.76. The van der Waals surface area contributed by atoms with Crippen LogP contribution in [0, 0.1) is 10.1 Å². The standard InChI is InChI=1S/C18H18N4O4S/c1-27(25,26)17-4-2-3-16(18(17)22(23)24)20-11-14-5-7-15(8-6-14)12-21-10-9-19-13-21/h2-10,13,20H,11-12H2,1H3. The SMILES string of the molecule is CS(=O)(=O)c1cccc(NCc2ccc(Cn3ccnc3)cc2)c1[N+](=O)[O-]. The molecule has 0 bridgehead atoms. The van der Waals surface area contributed by atoms with Crippen LogP contribution in [-0.4, -0.2) is 29.1 Å². The first-order valence-corrected chi connectivity index (χ1v) is 9.98. The third-order valence-electron chi connectivity index (χ3n) is 4.01. The Labute approximate surface area is 156 Å². The number of hydrogen-bond acceptors (Lipinski definition) is 6. The molecule has 1 heterocycles. The maximum atomic E-state index is 11.8. The molecule has 2 aromatic carbocycles. The Morgan fingerprint density at radius 2 is 1.85 bits per heavy atom. The third-order valence-corrected chi connectivity index (χ3v) is 5.14. The Kier molecular flexibility index (Phi) is 5.22. The normalized spacial score (nSPS) is 11.3. The number of hydrogen-bond donors (Lipinski definition) is 1. The lowest BCUT2D eigenvalue weighted by atomic mass is 10.1. The van der Waals surface area contributed by atoms with Crippen molar-refractivity contribution < 1.29 is 13.3 Å². The van der Waals surface area contributed by atoms with Gasteiger partial charge in [-0.05, 0) is 23.3 Å². The van der Waals surface area contributed by atoms with Crippen molar-refractivity contribution in [3.05, 3.63) is 82.4 Å². The van der Waals surface area contributed by atoms with E-state index in [1.54, 1.807) is 12.5 Å². The molecule has 1 N–H and O–H groups in total. The van der Waals surface area contributed by atoms with Gasteiger partial charge >= 0.3 is 5.69 Å². The van der Waals surface area contributed by atoms with Crippen LogP contribution in [0.1, 0.15) is 11.1 Å². The van der Waals surface area contributed by atoms with Gasteiger partial charge in [0, 0.05) is 31.7 Å². The zero-order valence-electron chi connectivity index (χ0n) is 14.6. The minimum absolute atomic E-state index is 0.172. The van der Waals surface area contributed by atoms with E-state index in [0.29, 0.717) is 13.1 Å². The summed E-state index contributed by atoms with van der Waals surface area (Å²) in [5, 5.41) is 14.4. The van der Waals surface area contributed by atoms with Crippen LogP contribution in [0.25, 0.3) is 0 Å². The summed E-state index contributed by atoms with van der Waals surface area (Å²) in [6.45, 7) is 1.04. The Hall–Kier alpha value is -3.20. The van der Waals surface area contributed by atoms with Gasteiger partial charge in [-0.2, -0.15) is 0 Å². The molecule has 140 valence electrons. The number of aromatic nitrogens is 2. The number of para-hydroxylation sites is 1. The van der Waals surface area contributed by atoms with Crippen LogP contribution in [-0.2, 0) is 22.9 Å². The van der Waals surface area contributed by atoms with Gasteiger partial charge in [-0.1, -0.05) is 30.3 Å². The van der Waals surface area contributed by atoms with Gasteiger partial charge in [-0.3, -0.25) is 10.1 Å². The molecule has 3 aromatic rings. The molecule has 0 amide bonds. The second kappa shape index (κ2) is 7.58. The Bertz CT molecular complexity index is 1050. The lowest BCUT2D eigenvalue weighted by Gasteiger charge is -2.10. The van der Waals surface area contributed by atoms with Crippen LogP contribution in [0.4, 0.5) is 11.4 Å². The number of anilines is 1. The second-order valence-corrected chi connectivity index (χ2v) is 8.07. The molecule has 0 spiro atoms. The van der Waals surface area contributed by atoms with Crippen LogP contribution < -0.4 is 5.32 Å². The molecule has 1 aromatic heterocycles. The van der Waals surface area contributed by atoms with Gasteiger partial charge in [0.2, 0.25) is 0 Å². The molecule has 0 saturated carbocycles. The van der Waals surface area contributed by atoms with Crippen LogP contribution in [0.2, 0.25) is 0 Å². The number of nitrogens with one attached hydrogen (secondary N) is 1. The minimum atomic E-state index is -3.70. The van der Waals surface area contributed by atoms with Crippen molar-refractivity contribution in [1.29, 1.82) is 0 Å². The van der Waals surface area contributed by atoms with Crippen molar-refractivity contribution in [2.24, 2.45) is 0 Å². The fourth-order valence-corrected chi connectivity index (χ4v) is 3.56. The average Bonchev–Trinajstić information content (AvgIpc) is 3.13. The van der Waals surface area contributed by atoms with E-state index in [0.717, 1.165) is 17.4 Å². The number of benzene rings is 2. The van der Waals surface area contributed by atoms with E-state index in [1.165, 1.54) is 18.2 Å². The monoisotopic (exact) mass is 386 g/mol. The summed E-state index contributed by atoms with van der Waals surface area (Å²) in [7, 11) is -3.70. The molecule has 0 aliphatic carbocycles. The summed E-state index contributed by atoms with van der Waals surface area (Å²) in [6.07, 6.45) is 6.29. The van der Waals surface area contributed by atoms with E-state index in [2.05, 4.69) is 10.3 Å². The molecule has 8 nitrogen and oxygen atoms in total. The lowest BCUT2D eigenvalue weighted by Crippen LogP contribution is -2.08. The number of sulfone groups is 1. The lowest BCUT2D eigenvalue weighted by molar-refractivity contribution is -0.386. The number of imidazole rings is 1. The summed E-state index contributed by atoms with van der Waals surface area (Å²) in [6, 6.07) is 12.0. The highest BCUT2D eigenvalue weighted by Crippen LogP contribution is 2.32. The highest BCUT2D eigenvalue weighted by molar-refractivity contribution is 7.90. The molecule has 0 saturated heterocycles. The van der Waals surface area contributed by atoms with Gasteiger partial charge < -0.3 is 9.88 Å². The summed E-state index contributed by atoms with van der Waals surface area (Å²) >= 11 is 0. The molecule has 0 fully saturated rings. The quantitative estimate of drug-likeness (QED) is 0.494. The van der Waals surface area contributed by atoms with Crippen LogP contribution in [0.3, 0.4) is 0 Å². The number of rotatable bonds is 7. The number of nitrogens with zero attached hydrogens (tertiary/aromatic N) is 3. The molecular formula is C18H18N4O4S. The van der Waals surface area contributed by atoms with Gasteiger partial charge in [0.05, 0.1) is 11.3 Å². The highest BCUT2D eigenvalue weighted by Gasteiger charge is 2.25. The fraction of sp³-hybridized carbons (Fsp3) is 0.167. The first kappa shape index (κ1) is 18.6. The third kappa shape index (κ3) is 4.50. The van der Waals surface area contributed by atoms with Gasteiger partial charge in [-0.25, -0.2) is 13.4 Å². The number of nitro groups is 1. The van der Waals surface area contributed by atoms with Crippen molar-refractivity contribution >= 4 is 21.2 Å². The van der Waals surface area contributed by atoms with Gasteiger partial charge in [-0.15, -0.1) is 0 Å². The number of nitro benzene ring substituents is 1. The molecule has 3 rings (SSSR count). The van der Waals surface area contributed by atoms with E-state index in [-0.39, 0.29) is 10.6 Å². The van der Waals surface area contributed by atoms with Crippen molar-refractivity contribution in [3.8, 4) is 0 Å². The van der Waals surface area contributed by atoms with E-state index >= 15 is 0 Å². The van der Waals surface area contributed by atoms with Crippen LogP contribution in [0.5, 0.6) is 0 Å². The van der Waals surface area contributed by atoms with Crippen molar-refractivity contribution in [2.75, 3.05) is 11.6 Å². The van der Waals surface area contributed by atoms with Crippen LogP contribution >= 0.6 is 0 Å². The first-order valence-electron chi connectivity index (χ1n) is 8.09. The zero-order valence-corrected chi connectivity index (χ0v) is 15.4. The molecule has 0 atom stereocenters. The average molecular weight is 386 g/mol. The fourth-order valence-electron chi connectivity index (χ4n) is 2.70. The largest absolute Gasteiger partial charge is 0.375 e. The van der Waals surface area contributed by atoms with E-state index in [4.69, 9.17) is 0 Å². The second-order valence-electron chi connectivity index (χ2n) is 6.09. The van der Waals surface area contributed by atoms with Crippen molar-refractivity contribution in [3.63, 3.8) is 0 Å². The molecule has 0 radical (unpaired) electrons. The topological polar surface area (TPSA) is 107 Å². The van der Waals surface area contributed by atoms with Crippen molar-refractivity contribution in [1.82, 2.24) is 9.55 Å². The molecule has 0 aliphatic heterocycles. The molecule has 27 heavy (non-hydrogen) atoms. The van der Waals surface area contributed by atoms with Gasteiger partial charge in [0.1, 0.15) is 10.6 Å². The minimum Gasteiger partial charge on any atom is -0.375 e. The summed E-state index contributed by atoms with van der Waals surface area (Å²) in [4.78, 5) is 14.4. The molecule has 0 aliphatic rings. The molecular weight excluding hydrogens is 368 g/mol. The van der Waals surface area contributed by atoms with Gasteiger partial charge in [0.25, 0.3) is 0 Å². The maximum absolute atomic E-state index is 11.8. The Balaban J connectivity index is 1.76.